The van der Waals surface area contributed by atoms with Crippen LogP contribution in [-0.4, -0.2) is 4.98 Å². The predicted octanol–water partition coefficient (Wildman–Crippen LogP) is 9.47. The van der Waals surface area contributed by atoms with E-state index in [-0.39, 0.29) is 5.41 Å². The summed E-state index contributed by atoms with van der Waals surface area (Å²) >= 11 is 0. The van der Waals surface area contributed by atoms with Gasteiger partial charge in [0.2, 0.25) is 0 Å². The number of aryl methyl sites for hydroxylation is 2. The molecule has 35 heavy (non-hydrogen) atoms. The highest BCUT2D eigenvalue weighted by atomic mass is 16.3. The minimum atomic E-state index is 0.0448. The highest BCUT2D eigenvalue weighted by Gasteiger charge is 2.40. The fourth-order valence-corrected chi connectivity index (χ4v) is 6.52. The molecular weight excluding hydrogens is 426 g/mol. The van der Waals surface area contributed by atoms with Gasteiger partial charge in [-0.15, -0.1) is 0 Å². The molecule has 0 bridgehead atoms. The molecule has 2 heterocycles. The van der Waals surface area contributed by atoms with E-state index in [0.29, 0.717) is 5.92 Å². The molecule has 0 spiro atoms. The first-order valence-electron chi connectivity index (χ1n) is 13.0. The molecular formula is C33H33NO. The number of benzene rings is 3. The summed E-state index contributed by atoms with van der Waals surface area (Å²) in [6, 6.07) is 20.3. The van der Waals surface area contributed by atoms with Crippen LogP contribution in [0.25, 0.3) is 44.3 Å². The first-order valence-corrected chi connectivity index (χ1v) is 13.0. The van der Waals surface area contributed by atoms with Gasteiger partial charge in [-0.2, -0.15) is 0 Å². The van der Waals surface area contributed by atoms with E-state index in [2.05, 4.69) is 96.1 Å². The molecule has 0 unspecified atom stereocenters. The van der Waals surface area contributed by atoms with E-state index in [9.17, 15) is 0 Å². The fraction of sp³-hybridized carbons (Fsp3) is 0.303. The van der Waals surface area contributed by atoms with E-state index < -0.39 is 0 Å². The van der Waals surface area contributed by atoms with Crippen molar-refractivity contribution in [2.45, 2.75) is 65.7 Å². The summed E-state index contributed by atoms with van der Waals surface area (Å²) in [5.74, 6) is 0.460. The van der Waals surface area contributed by atoms with Crippen molar-refractivity contribution in [3.63, 3.8) is 0 Å². The summed E-state index contributed by atoms with van der Waals surface area (Å²) in [6.07, 6.45) is 4.20. The molecule has 0 radical (unpaired) electrons. The summed E-state index contributed by atoms with van der Waals surface area (Å²) in [5.41, 5.74) is 13.4. The van der Waals surface area contributed by atoms with E-state index in [4.69, 9.17) is 9.40 Å². The molecule has 0 aliphatic heterocycles. The lowest BCUT2D eigenvalue weighted by Crippen LogP contribution is -2.22. The molecule has 2 nitrogen and oxygen atoms in total. The van der Waals surface area contributed by atoms with Crippen molar-refractivity contribution >= 4 is 21.9 Å². The Kier molecular flexibility index (Phi) is 4.93. The third-order valence-electron chi connectivity index (χ3n) is 8.47. The summed E-state index contributed by atoms with van der Waals surface area (Å²) < 4.78 is 6.70. The van der Waals surface area contributed by atoms with Gasteiger partial charge < -0.3 is 4.42 Å². The quantitative estimate of drug-likeness (QED) is 0.267. The zero-order valence-corrected chi connectivity index (χ0v) is 21.6. The highest BCUT2D eigenvalue weighted by molar-refractivity contribution is 6.12. The van der Waals surface area contributed by atoms with Gasteiger partial charge in [-0.05, 0) is 89.8 Å². The van der Waals surface area contributed by atoms with Crippen LogP contribution in [0, 0.1) is 13.8 Å². The Morgan fingerprint density at radius 1 is 0.829 bits per heavy atom. The number of hydrogen-bond acceptors (Lipinski definition) is 2. The van der Waals surface area contributed by atoms with E-state index >= 15 is 0 Å². The minimum absolute atomic E-state index is 0.0448. The second kappa shape index (κ2) is 7.81. The maximum Gasteiger partial charge on any atom is 0.145 e. The van der Waals surface area contributed by atoms with E-state index in [1.165, 1.54) is 49.7 Å². The first-order chi connectivity index (χ1) is 16.9. The molecule has 2 aromatic heterocycles. The minimum Gasteiger partial charge on any atom is -0.455 e. The standard InChI is InChI=1S/C33H33NO/c1-7-33(8-2)27-12-10-9-11-22(27)24-16-25-23-14-13-20(5)31(32(23)35-30(25)17-28(24)33)29-15-21(6)26(18-34-29)19(3)4/h9-19H,7-8H2,1-6H3. The van der Waals surface area contributed by atoms with Gasteiger partial charge in [0.1, 0.15) is 11.2 Å². The molecule has 0 saturated carbocycles. The zero-order valence-electron chi connectivity index (χ0n) is 21.6. The normalized spacial score (nSPS) is 14.1. The second-order valence-electron chi connectivity index (χ2n) is 10.5. The SMILES string of the molecule is CCC1(CC)c2ccccc2-c2cc3c(cc21)oc1c(-c2cc(C)c(C(C)C)cn2)c(C)ccc13. The molecule has 0 amide bonds. The molecule has 176 valence electrons. The zero-order chi connectivity index (χ0) is 24.5. The first kappa shape index (κ1) is 22.1. The van der Waals surface area contributed by atoms with Crippen LogP contribution in [0.3, 0.4) is 0 Å². The average molecular weight is 460 g/mol. The lowest BCUT2D eigenvalue weighted by molar-refractivity contribution is 0.490. The van der Waals surface area contributed by atoms with Crippen molar-refractivity contribution in [3.8, 4) is 22.4 Å². The van der Waals surface area contributed by atoms with E-state index in [1.54, 1.807) is 0 Å². The molecule has 0 N–H and O–H groups in total. The van der Waals surface area contributed by atoms with Crippen LogP contribution in [0.15, 0.2) is 65.2 Å². The number of pyridine rings is 1. The Labute approximate surface area is 208 Å². The smallest absolute Gasteiger partial charge is 0.145 e. The third-order valence-corrected chi connectivity index (χ3v) is 8.47. The molecule has 5 aromatic rings. The number of nitrogens with zero attached hydrogens (tertiary/aromatic N) is 1. The van der Waals surface area contributed by atoms with Crippen molar-refractivity contribution in [2.75, 3.05) is 0 Å². The highest BCUT2D eigenvalue weighted by Crippen LogP contribution is 2.54. The maximum absolute atomic E-state index is 6.70. The summed E-state index contributed by atoms with van der Waals surface area (Å²) in [7, 11) is 0. The molecule has 1 aliphatic carbocycles. The van der Waals surface area contributed by atoms with Crippen LogP contribution in [0.4, 0.5) is 0 Å². The maximum atomic E-state index is 6.70. The van der Waals surface area contributed by atoms with Crippen molar-refractivity contribution in [3.05, 3.63) is 88.6 Å². The third kappa shape index (κ3) is 2.99. The molecule has 0 fully saturated rings. The van der Waals surface area contributed by atoms with Crippen LogP contribution >= 0.6 is 0 Å². The fourth-order valence-electron chi connectivity index (χ4n) is 6.52. The number of rotatable bonds is 4. The Morgan fingerprint density at radius 3 is 2.31 bits per heavy atom. The summed E-state index contributed by atoms with van der Waals surface area (Å²) in [6.45, 7) is 13.4. The van der Waals surface area contributed by atoms with Gasteiger partial charge in [0.05, 0.1) is 5.69 Å². The van der Waals surface area contributed by atoms with Crippen molar-refractivity contribution in [2.24, 2.45) is 0 Å². The largest absolute Gasteiger partial charge is 0.455 e. The molecule has 0 atom stereocenters. The topological polar surface area (TPSA) is 26.0 Å². The number of aromatic nitrogens is 1. The van der Waals surface area contributed by atoms with E-state index in [0.717, 1.165) is 35.3 Å². The lowest BCUT2D eigenvalue weighted by Gasteiger charge is -2.29. The second-order valence-corrected chi connectivity index (χ2v) is 10.5. The number of fused-ring (bicyclic) bond motifs is 6. The van der Waals surface area contributed by atoms with Gasteiger partial charge in [0.25, 0.3) is 0 Å². The molecule has 6 rings (SSSR count). The Balaban J connectivity index is 1.64. The summed E-state index contributed by atoms with van der Waals surface area (Å²) in [5, 5.41) is 2.35. The molecule has 3 aromatic carbocycles. The number of hydrogen-bond donors (Lipinski definition) is 0. The lowest BCUT2D eigenvalue weighted by atomic mass is 9.74. The van der Waals surface area contributed by atoms with Gasteiger partial charge >= 0.3 is 0 Å². The molecule has 2 heteroatoms. The van der Waals surface area contributed by atoms with Crippen molar-refractivity contribution in [1.82, 2.24) is 4.98 Å². The van der Waals surface area contributed by atoms with Gasteiger partial charge in [0, 0.05) is 27.9 Å². The average Bonchev–Trinajstić information content (AvgIpc) is 3.35. The molecule has 0 saturated heterocycles. The van der Waals surface area contributed by atoms with Crippen molar-refractivity contribution in [1.29, 1.82) is 0 Å². The predicted molar refractivity (Wildman–Crippen MR) is 147 cm³/mol. The Hall–Kier alpha value is -3.39. The Bertz CT molecular complexity index is 1610. The monoisotopic (exact) mass is 459 g/mol. The van der Waals surface area contributed by atoms with Crippen LogP contribution in [-0.2, 0) is 5.41 Å². The van der Waals surface area contributed by atoms with Gasteiger partial charge in [-0.1, -0.05) is 64.1 Å². The van der Waals surface area contributed by atoms with Gasteiger partial charge in [-0.25, -0.2) is 0 Å². The van der Waals surface area contributed by atoms with Gasteiger partial charge in [0.15, 0.2) is 0 Å². The van der Waals surface area contributed by atoms with Crippen molar-refractivity contribution < 1.29 is 4.42 Å². The van der Waals surface area contributed by atoms with Crippen LogP contribution < -0.4 is 0 Å². The van der Waals surface area contributed by atoms with E-state index in [1.807, 2.05) is 6.20 Å². The van der Waals surface area contributed by atoms with Gasteiger partial charge in [-0.3, -0.25) is 4.98 Å². The van der Waals surface area contributed by atoms with Crippen LogP contribution in [0.1, 0.15) is 74.3 Å². The van der Waals surface area contributed by atoms with Crippen LogP contribution in [0.5, 0.6) is 0 Å². The number of furan rings is 1. The summed E-state index contributed by atoms with van der Waals surface area (Å²) in [4.78, 5) is 4.89. The molecule has 1 aliphatic rings. The van der Waals surface area contributed by atoms with Crippen LogP contribution in [0.2, 0.25) is 0 Å². The Morgan fingerprint density at radius 2 is 1.60 bits per heavy atom.